The molecule has 0 saturated carbocycles. The first-order chi connectivity index (χ1) is 19.3. The van der Waals surface area contributed by atoms with Crippen molar-refractivity contribution in [3.05, 3.63) is 119 Å². The third-order valence-electron chi connectivity index (χ3n) is 7.76. The minimum absolute atomic E-state index is 0.611. The Balaban J connectivity index is 1.22. The van der Waals surface area contributed by atoms with E-state index in [0.717, 1.165) is 67.4 Å². The van der Waals surface area contributed by atoms with Crippen molar-refractivity contribution in [3.63, 3.8) is 0 Å². The number of aromatic nitrogens is 1. The first-order valence-corrected chi connectivity index (χ1v) is 13.7. The summed E-state index contributed by atoms with van der Waals surface area (Å²) in [7, 11) is 0. The maximum Gasteiger partial charge on any atom is 0.416 e. The third kappa shape index (κ3) is 5.34. The standard InChI is InChI=1S/C33H29ClF3N3/c1-23-3-2-4-31-29(23)13-14-30(25-5-9-27(34)10-6-25)32(31)40-16-15-24(22-40)21-38-17-19-39(20-18-38)28-11-7-26(8-12-28)33(35,36)37/h2-16,22H,17-21H2,1H3. The highest BCUT2D eigenvalue weighted by Gasteiger charge is 2.30. The maximum atomic E-state index is 12.9. The predicted octanol–water partition coefficient (Wildman–Crippen LogP) is 8.60. The van der Waals surface area contributed by atoms with E-state index < -0.39 is 11.7 Å². The van der Waals surface area contributed by atoms with E-state index in [1.54, 1.807) is 12.1 Å². The number of halogens is 4. The van der Waals surface area contributed by atoms with Crippen LogP contribution in [-0.2, 0) is 12.7 Å². The molecule has 2 heterocycles. The summed E-state index contributed by atoms with van der Waals surface area (Å²) in [6, 6.07) is 26.4. The molecule has 1 fully saturated rings. The fraction of sp³-hybridized carbons (Fsp3) is 0.212. The Kier molecular flexibility index (Phi) is 7.07. The number of nitrogens with zero attached hydrogens (tertiary/aromatic N) is 3. The van der Waals surface area contributed by atoms with Crippen LogP contribution in [0.25, 0.3) is 27.6 Å². The third-order valence-corrected chi connectivity index (χ3v) is 8.01. The first kappa shape index (κ1) is 26.5. The van der Waals surface area contributed by atoms with Crippen LogP contribution in [-0.4, -0.2) is 35.6 Å². The molecule has 0 amide bonds. The molecule has 40 heavy (non-hydrogen) atoms. The van der Waals surface area contributed by atoms with Crippen LogP contribution >= 0.6 is 11.6 Å². The smallest absolute Gasteiger partial charge is 0.369 e. The molecule has 0 radical (unpaired) electrons. The van der Waals surface area contributed by atoms with E-state index in [4.69, 9.17) is 11.6 Å². The number of alkyl halides is 3. The minimum Gasteiger partial charge on any atom is -0.369 e. The van der Waals surface area contributed by atoms with E-state index in [0.29, 0.717) is 5.02 Å². The second-order valence-corrected chi connectivity index (χ2v) is 10.8. The van der Waals surface area contributed by atoms with Gasteiger partial charge in [0.1, 0.15) is 0 Å². The van der Waals surface area contributed by atoms with Gasteiger partial charge in [-0.05, 0) is 71.5 Å². The van der Waals surface area contributed by atoms with Crippen molar-refractivity contribution in [1.82, 2.24) is 9.47 Å². The van der Waals surface area contributed by atoms with Crippen LogP contribution in [0.5, 0.6) is 0 Å². The number of benzene rings is 4. The molecular formula is C33H29ClF3N3. The number of aryl methyl sites for hydroxylation is 1. The SMILES string of the molecule is Cc1cccc2c(-n3ccc(CN4CCN(c5ccc(C(F)(F)F)cc5)CC4)c3)c(-c3ccc(Cl)cc3)ccc12. The highest BCUT2D eigenvalue weighted by Crippen LogP contribution is 2.36. The van der Waals surface area contributed by atoms with Gasteiger partial charge in [-0.3, -0.25) is 4.90 Å². The van der Waals surface area contributed by atoms with Crippen molar-refractivity contribution in [3.8, 4) is 16.8 Å². The molecule has 6 rings (SSSR count). The zero-order valence-electron chi connectivity index (χ0n) is 22.1. The average Bonchev–Trinajstić information content (AvgIpc) is 3.41. The molecule has 4 aromatic carbocycles. The molecule has 1 saturated heterocycles. The predicted molar refractivity (Wildman–Crippen MR) is 157 cm³/mol. The van der Waals surface area contributed by atoms with Crippen molar-refractivity contribution >= 4 is 28.1 Å². The normalized spacial score (nSPS) is 14.7. The number of piperazine rings is 1. The van der Waals surface area contributed by atoms with Crippen molar-refractivity contribution in [2.45, 2.75) is 19.6 Å². The zero-order chi connectivity index (χ0) is 27.9. The van der Waals surface area contributed by atoms with Gasteiger partial charge >= 0.3 is 6.18 Å². The van der Waals surface area contributed by atoms with E-state index in [9.17, 15) is 13.2 Å². The molecular weight excluding hydrogens is 531 g/mol. The molecule has 0 N–H and O–H groups in total. The topological polar surface area (TPSA) is 11.4 Å². The molecule has 0 bridgehead atoms. The number of fused-ring (bicyclic) bond motifs is 1. The summed E-state index contributed by atoms with van der Waals surface area (Å²) in [6.45, 7) is 6.18. The zero-order valence-corrected chi connectivity index (χ0v) is 22.9. The van der Waals surface area contributed by atoms with Crippen molar-refractivity contribution in [2.75, 3.05) is 31.1 Å². The van der Waals surface area contributed by atoms with Crippen LogP contribution in [0, 0.1) is 6.92 Å². The van der Waals surface area contributed by atoms with Crippen LogP contribution in [0.1, 0.15) is 16.7 Å². The minimum atomic E-state index is -4.31. The first-order valence-electron chi connectivity index (χ1n) is 13.4. The van der Waals surface area contributed by atoms with Crippen LogP contribution in [0.4, 0.5) is 18.9 Å². The lowest BCUT2D eigenvalue weighted by Gasteiger charge is -2.36. The molecule has 1 aromatic heterocycles. The Morgan fingerprint density at radius 2 is 1.50 bits per heavy atom. The molecule has 0 spiro atoms. The summed E-state index contributed by atoms with van der Waals surface area (Å²) in [5.41, 5.74) is 6.07. The molecule has 5 aromatic rings. The van der Waals surface area contributed by atoms with Gasteiger partial charge in [-0.15, -0.1) is 0 Å². The summed E-state index contributed by atoms with van der Waals surface area (Å²) in [4.78, 5) is 4.55. The fourth-order valence-corrected chi connectivity index (χ4v) is 5.72. The Morgan fingerprint density at radius 1 is 0.775 bits per heavy atom. The summed E-state index contributed by atoms with van der Waals surface area (Å²) in [5, 5.41) is 3.13. The summed E-state index contributed by atoms with van der Waals surface area (Å²) >= 11 is 6.18. The van der Waals surface area contributed by atoms with Crippen molar-refractivity contribution in [2.24, 2.45) is 0 Å². The molecule has 204 valence electrons. The lowest BCUT2D eigenvalue weighted by molar-refractivity contribution is -0.137. The van der Waals surface area contributed by atoms with E-state index in [1.807, 2.05) is 12.1 Å². The highest BCUT2D eigenvalue weighted by molar-refractivity contribution is 6.30. The van der Waals surface area contributed by atoms with Gasteiger partial charge < -0.3 is 9.47 Å². The number of hydrogen-bond acceptors (Lipinski definition) is 2. The van der Waals surface area contributed by atoms with Gasteiger partial charge in [-0.25, -0.2) is 0 Å². The summed E-state index contributed by atoms with van der Waals surface area (Å²) in [5.74, 6) is 0. The van der Waals surface area contributed by atoms with E-state index >= 15 is 0 Å². The lowest BCUT2D eigenvalue weighted by Crippen LogP contribution is -2.45. The van der Waals surface area contributed by atoms with Gasteiger partial charge in [-0.1, -0.05) is 54.1 Å². The maximum absolute atomic E-state index is 12.9. The number of anilines is 1. The van der Waals surface area contributed by atoms with Gasteiger partial charge in [0.05, 0.1) is 11.3 Å². The van der Waals surface area contributed by atoms with Crippen LogP contribution in [0.3, 0.4) is 0 Å². The largest absolute Gasteiger partial charge is 0.416 e. The van der Waals surface area contributed by atoms with E-state index in [2.05, 4.69) is 82.2 Å². The van der Waals surface area contributed by atoms with Crippen molar-refractivity contribution < 1.29 is 13.2 Å². The van der Waals surface area contributed by atoms with Gasteiger partial charge in [0.25, 0.3) is 0 Å². The summed E-state index contributed by atoms with van der Waals surface area (Å²) < 4.78 is 41.0. The van der Waals surface area contributed by atoms with Crippen LogP contribution in [0.15, 0.2) is 97.3 Å². The van der Waals surface area contributed by atoms with Crippen LogP contribution < -0.4 is 4.90 Å². The molecule has 7 heteroatoms. The highest BCUT2D eigenvalue weighted by atomic mass is 35.5. The van der Waals surface area contributed by atoms with Gasteiger partial charge in [0.15, 0.2) is 0 Å². The molecule has 1 aliphatic rings. The van der Waals surface area contributed by atoms with Crippen LogP contribution in [0.2, 0.25) is 5.02 Å². The van der Waals surface area contributed by atoms with E-state index in [-0.39, 0.29) is 0 Å². The van der Waals surface area contributed by atoms with Gasteiger partial charge in [0, 0.05) is 66.8 Å². The Labute approximate surface area is 237 Å². The number of hydrogen-bond donors (Lipinski definition) is 0. The molecule has 0 unspecified atom stereocenters. The Hall–Kier alpha value is -3.74. The number of rotatable bonds is 5. The summed E-state index contributed by atoms with van der Waals surface area (Å²) in [6.07, 6.45) is 0.0250. The quantitative estimate of drug-likeness (QED) is 0.214. The monoisotopic (exact) mass is 559 g/mol. The Bertz CT molecular complexity index is 1630. The average molecular weight is 560 g/mol. The lowest BCUT2D eigenvalue weighted by atomic mass is 9.96. The second-order valence-electron chi connectivity index (χ2n) is 10.4. The molecule has 1 aliphatic heterocycles. The molecule has 0 aliphatic carbocycles. The molecule has 0 atom stereocenters. The van der Waals surface area contributed by atoms with E-state index in [1.165, 1.54) is 21.9 Å². The Morgan fingerprint density at radius 3 is 2.20 bits per heavy atom. The second kappa shape index (κ2) is 10.7. The van der Waals surface area contributed by atoms with Gasteiger partial charge in [0.2, 0.25) is 0 Å². The fourth-order valence-electron chi connectivity index (χ4n) is 5.60. The molecule has 3 nitrogen and oxygen atoms in total. The van der Waals surface area contributed by atoms with Crippen molar-refractivity contribution in [1.29, 1.82) is 0 Å². The van der Waals surface area contributed by atoms with Gasteiger partial charge in [-0.2, -0.15) is 13.2 Å².